The monoisotopic (exact) mass is 445 g/mol. The van der Waals surface area contributed by atoms with Gasteiger partial charge in [-0.1, -0.05) is 0 Å². The molecule has 1 aromatic carbocycles. The number of anilines is 1. The molecule has 8 N–H and O–H groups in total. The van der Waals surface area contributed by atoms with Crippen molar-refractivity contribution >= 4 is 41.2 Å². The van der Waals surface area contributed by atoms with Gasteiger partial charge in [0.15, 0.2) is 5.84 Å². The van der Waals surface area contributed by atoms with E-state index in [0.29, 0.717) is 24.6 Å². The van der Waals surface area contributed by atoms with E-state index in [9.17, 15) is 19.2 Å². The zero-order valence-corrected chi connectivity index (χ0v) is 16.9. The first-order valence-electron chi connectivity index (χ1n) is 9.77. The molecular formula is C19H23N7O6. The standard InChI is InChI=1S/C19H23N7O6/c20-19-25-15-14(17(30)26-19)23-11(8-22-15)7-21-10-3-1-9(2-4-10)16(29)24-12(18(31)32)5-6-13(27)28/h1-4,11-12,14,21,23H,5-8H2,(H,24,29)(H,27,28)(H,31,32)(H3,20,22,25,26,30)/t11-,12-,14-/m0/s1. The Morgan fingerprint density at radius 1 is 1.22 bits per heavy atom. The number of hydrogen-bond donors (Lipinski definition) is 7. The number of amidine groups is 1. The molecule has 170 valence electrons. The molecule has 2 amide bonds. The minimum atomic E-state index is -1.30. The van der Waals surface area contributed by atoms with Crippen molar-refractivity contribution < 1.29 is 29.4 Å². The second kappa shape index (κ2) is 9.87. The second-order valence-electron chi connectivity index (χ2n) is 7.24. The summed E-state index contributed by atoms with van der Waals surface area (Å²) < 4.78 is 0. The number of nitrogens with two attached hydrogens (primary N) is 1. The number of carbonyl (C=O) groups is 4. The van der Waals surface area contributed by atoms with E-state index < -0.39 is 29.9 Å². The molecule has 1 aromatic rings. The summed E-state index contributed by atoms with van der Waals surface area (Å²) in [5, 5.41) is 28.9. The second-order valence-corrected chi connectivity index (χ2v) is 7.24. The SMILES string of the molecule is NC1=NC2=NC[C@H](CNc3ccc(C(=O)N[C@@H](CCC(=O)O)C(=O)O)cc3)N[C@@H]2C(=O)N1. The molecule has 0 saturated carbocycles. The summed E-state index contributed by atoms with van der Waals surface area (Å²) in [6.45, 7) is 0.845. The highest BCUT2D eigenvalue weighted by Gasteiger charge is 2.34. The number of fused-ring (bicyclic) bond motifs is 1. The summed E-state index contributed by atoms with van der Waals surface area (Å²) in [6.07, 6.45) is -0.589. The molecule has 2 aliphatic heterocycles. The van der Waals surface area contributed by atoms with E-state index in [2.05, 4.69) is 31.3 Å². The van der Waals surface area contributed by atoms with Gasteiger partial charge in [-0.15, -0.1) is 0 Å². The lowest BCUT2D eigenvalue weighted by Crippen LogP contribution is -2.62. The van der Waals surface area contributed by atoms with Gasteiger partial charge < -0.3 is 26.6 Å². The van der Waals surface area contributed by atoms with Gasteiger partial charge in [0.25, 0.3) is 11.8 Å². The van der Waals surface area contributed by atoms with Crippen LogP contribution in [-0.2, 0) is 14.4 Å². The number of benzene rings is 1. The highest BCUT2D eigenvalue weighted by atomic mass is 16.4. The molecule has 0 fully saturated rings. The number of carbonyl (C=O) groups excluding carboxylic acids is 2. The fourth-order valence-electron chi connectivity index (χ4n) is 3.17. The Hall–Kier alpha value is -4.00. The molecule has 0 radical (unpaired) electrons. The van der Waals surface area contributed by atoms with Crippen molar-refractivity contribution in [2.45, 2.75) is 31.0 Å². The number of carboxylic acid groups (broad SMARTS) is 2. The smallest absolute Gasteiger partial charge is 0.326 e. The van der Waals surface area contributed by atoms with Gasteiger partial charge in [-0.2, -0.15) is 4.99 Å². The number of hydrogen-bond acceptors (Lipinski definition) is 9. The van der Waals surface area contributed by atoms with Gasteiger partial charge >= 0.3 is 11.9 Å². The Morgan fingerprint density at radius 3 is 2.59 bits per heavy atom. The zero-order valence-electron chi connectivity index (χ0n) is 16.9. The van der Waals surface area contributed by atoms with Crippen molar-refractivity contribution in [3.8, 4) is 0 Å². The number of carboxylic acids is 2. The topological polar surface area (TPSA) is 208 Å². The summed E-state index contributed by atoms with van der Waals surface area (Å²) in [7, 11) is 0. The Kier molecular flexibility index (Phi) is 7.00. The molecule has 13 nitrogen and oxygen atoms in total. The third-order valence-corrected chi connectivity index (χ3v) is 4.83. The molecule has 2 aliphatic rings. The molecule has 0 unspecified atom stereocenters. The van der Waals surface area contributed by atoms with Crippen LogP contribution in [0.25, 0.3) is 0 Å². The molecule has 3 rings (SSSR count). The van der Waals surface area contributed by atoms with E-state index >= 15 is 0 Å². The van der Waals surface area contributed by atoms with Crippen molar-refractivity contribution in [2.24, 2.45) is 15.7 Å². The molecule has 0 saturated heterocycles. The number of aliphatic imine (C=N–C) groups is 2. The van der Waals surface area contributed by atoms with E-state index in [0.717, 1.165) is 0 Å². The lowest BCUT2D eigenvalue weighted by molar-refractivity contribution is -0.140. The first-order chi connectivity index (χ1) is 15.2. The molecule has 0 spiro atoms. The van der Waals surface area contributed by atoms with E-state index in [4.69, 9.17) is 15.9 Å². The Morgan fingerprint density at radius 2 is 1.94 bits per heavy atom. The predicted molar refractivity (Wildman–Crippen MR) is 113 cm³/mol. The van der Waals surface area contributed by atoms with Crippen LogP contribution in [0.3, 0.4) is 0 Å². The van der Waals surface area contributed by atoms with Gasteiger partial charge in [0.2, 0.25) is 5.96 Å². The number of aliphatic carboxylic acids is 2. The number of amides is 2. The average Bonchev–Trinajstić information content (AvgIpc) is 2.75. The lowest BCUT2D eigenvalue weighted by atomic mass is 10.1. The molecule has 3 atom stereocenters. The molecule has 13 heteroatoms. The fourth-order valence-corrected chi connectivity index (χ4v) is 3.17. The predicted octanol–water partition coefficient (Wildman–Crippen LogP) is -1.67. The summed E-state index contributed by atoms with van der Waals surface area (Å²) in [5.74, 6) is -3.02. The molecule has 0 aromatic heterocycles. The number of nitrogens with one attached hydrogen (secondary N) is 4. The van der Waals surface area contributed by atoms with Crippen LogP contribution in [0.1, 0.15) is 23.2 Å². The first kappa shape index (κ1) is 22.7. The van der Waals surface area contributed by atoms with Crippen LogP contribution in [0, 0.1) is 0 Å². The zero-order chi connectivity index (χ0) is 23.3. The lowest BCUT2D eigenvalue weighted by Gasteiger charge is -2.30. The molecule has 2 heterocycles. The third kappa shape index (κ3) is 5.78. The maximum absolute atomic E-state index is 12.3. The van der Waals surface area contributed by atoms with Gasteiger partial charge in [-0.3, -0.25) is 30.0 Å². The van der Waals surface area contributed by atoms with E-state index in [1.54, 1.807) is 12.1 Å². The molecule has 0 bridgehead atoms. The van der Waals surface area contributed by atoms with Crippen LogP contribution in [0.4, 0.5) is 5.69 Å². The van der Waals surface area contributed by atoms with Gasteiger partial charge in [-0.05, 0) is 30.7 Å². The molecule has 0 aliphatic carbocycles. The van der Waals surface area contributed by atoms with Gasteiger partial charge in [0.05, 0.1) is 6.54 Å². The fraction of sp³-hybridized carbons (Fsp3) is 0.368. The number of guanidine groups is 1. The van der Waals surface area contributed by atoms with Crippen molar-refractivity contribution in [3.05, 3.63) is 29.8 Å². The van der Waals surface area contributed by atoms with Crippen molar-refractivity contribution in [1.82, 2.24) is 16.0 Å². The Balaban J connectivity index is 1.52. The molecular weight excluding hydrogens is 422 g/mol. The summed E-state index contributed by atoms with van der Waals surface area (Å²) in [5.41, 5.74) is 6.45. The summed E-state index contributed by atoms with van der Waals surface area (Å²) >= 11 is 0. The highest BCUT2D eigenvalue weighted by molar-refractivity contribution is 6.19. The van der Waals surface area contributed by atoms with Crippen LogP contribution in [0.5, 0.6) is 0 Å². The van der Waals surface area contributed by atoms with Crippen LogP contribution in [-0.4, -0.2) is 77.0 Å². The first-order valence-corrected chi connectivity index (χ1v) is 9.77. The van der Waals surface area contributed by atoms with Crippen LogP contribution < -0.4 is 27.0 Å². The van der Waals surface area contributed by atoms with Crippen LogP contribution >= 0.6 is 0 Å². The van der Waals surface area contributed by atoms with Crippen molar-refractivity contribution in [3.63, 3.8) is 0 Å². The minimum Gasteiger partial charge on any atom is -0.481 e. The van der Waals surface area contributed by atoms with Crippen molar-refractivity contribution in [1.29, 1.82) is 0 Å². The molecule has 32 heavy (non-hydrogen) atoms. The van der Waals surface area contributed by atoms with E-state index in [1.165, 1.54) is 12.1 Å². The maximum atomic E-state index is 12.3. The Bertz CT molecular complexity index is 975. The number of rotatable bonds is 9. The largest absolute Gasteiger partial charge is 0.481 e. The quantitative estimate of drug-likeness (QED) is 0.231. The van der Waals surface area contributed by atoms with E-state index in [1.807, 2.05) is 0 Å². The van der Waals surface area contributed by atoms with Crippen LogP contribution in [0.15, 0.2) is 34.3 Å². The average molecular weight is 445 g/mol. The van der Waals surface area contributed by atoms with Gasteiger partial charge in [0.1, 0.15) is 12.1 Å². The Labute approximate surface area is 182 Å². The number of nitrogens with zero attached hydrogens (tertiary/aromatic N) is 2. The minimum absolute atomic E-state index is 0.0177. The third-order valence-electron chi connectivity index (χ3n) is 4.83. The van der Waals surface area contributed by atoms with Crippen LogP contribution in [0.2, 0.25) is 0 Å². The van der Waals surface area contributed by atoms with Gasteiger partial charge in [0, 0.05) is 30.3 Å². The van der Waals surface area contributed by atoms with Gasteiger partial charge in [-0.25, -0.2) is 4.79 Å². The van der Waals surface area contributed by atoms with Crippen molar-refractivity contribution in [2.75, 3.05) is 18.4 Å². The summed E-state index contributed by atoms with van der Waals surface area (Å²) in [4.78, 5) is 54.5. The summed E-state index contributed by atoms with van der Waals surface area (Å²) in [6, 6.07) is 4.23. The maximum Gasteiger partial charge on any atom is 0.326 e. The normalized spacial score (nSPS) is 20.7. The van der Waals surface area contributed by atoms with E-state index in [-0.39, 0.29) is 36.3 Å². The highest BCUT2D eigenvalue weighted by Crippen LogP contribution is 2.12.